The van der Waals surface area contributed by atoms with Gasteiger partial charge >= 0.3 is 6.03 Å². The molecule has 0 saturated carbocycles. The van der Waals surface area contributed by atoms with Gasteiger partial charge in [-0.2, -0.15) is 0 Å². The number of amides is 2. The number of nitrogens with zero attached hydrogens (tertiary/aromatic N) is 1. The van der Waals surface area contributed by atoms with Crippen LogP contribution in [0.2, 0.25) is 0 Å². The molecule has 1 aliphatic heterocycles. The van der Waals surface area contributed by atoms with Crippen molar-refractivity contribution in [1.29, 1.82) is 0 Å². The molecule has 4 heteroatoms. The van der Waals surface area contributed by atoms with Gasteiger partial charge in [0.1, 0.15) is 0 Å². The largest absolute Gasteiger partial charge is 0.352 e. The zero-order chi connectivity index (χ0) is 11.8. The van der Waals surface area contributed by atoms with Crippen LogP contribution in [0.25, 0.3) is 0 Å². The summed E-state index contributed by atoms with van der Waals surface area (Å²) in [6, 6.07) is -0.0919. The molecule has 0 atom stereocenters. The molecule has 1 rings (SSSR count). The van der Waals surface area contributed by atoms with Crippen LogP contribution in [-0.2, 0) is 0 Å². The number of primary amides is 1. The molecule has 16 heavy (non-hydrogen) atoms. The zero-order valence-corrected chi connectivity index (χ0v) is 10.4. The van der Waals surface area contributed by atoms with Crippen molar-refractivity contribution >= 4 is 6.03 Å². The number of carbonyl (C=O) groups is 1. The van der Waals surface area contributed by atoms with Gasteiger partial charge in [-0.3, -0.25) is 0 Å². The van der Waals surface area contributed by atoms with E-state index in [0.717, 1.165) is 25.9 Å². The van der Waals surface area contributed by atoms with Crippen molar-refractivity contribution in [2.45, 2.75) is 51.5 Å². The van der Waals surface area contributed by atoms with Crippen molar-refractivity contribution in [3.05, 3.63) is 0 Å². The molecule has 1 heterocycles. The minimum atomic E-state index is -0.388. The fourth-order valence-electron chi connectivity index (χ4n) is 2.26. The summed E-state index contributed by atoms with van der Waals surface area (Å²) < 4.78 is 0. The lowest BCUT2D eigenvalue weighted by atomic mass is 10.0. The lowest BCUT2D eigenvalue weighted by Gasteiger charge is -2.31. The highest BCUT2D eigenvalue weighted by molar-refractivity contribution is 5.71. The standard InChI is InChI=1S/C12H25N3O/c1-2-3-4-5-8-15-9-6-11(7-10-15)14-12(13)16/h11H,2-10H2,1H3,(H3,13,14,16). The van der Waals surface area contributed by atoms with E-state index in [1.54, 1.807) is 0 Å². The van der Waals surface area contributed by atoms with Crippen molar-refractivity contribution in [1.82, 2.24) is 10.2 Å². The first-order valence-electron chi connectivity index (χ1n) is 6.50. The van der Waals surface area contributed by atoms with Crippen molar-refractivity contribution in [3.63, 3.8) is 0 Å². The fraction of sp³-hybridized carbons (Fsp3) is 0.917. The third kappa shape index (κ3) is 5.35. The molecule has 0 aromatic rings. The first kappa shape index (κ1) is 13.3. The van der Waals surface area contributed by atoms with Gasteiger partial charge in [0.25, 0.3) is 0 Å². The van der Waals surface area contributed by atoms with E-state index in [4.69, 9.17) is 5.73 Å². The fourth-order valence-corrected chi connectivity index (χ4v) is 2.26. The average molecular weight is 227 g/mol. The van der Waals surface area contributed by atoms with Crippen LogP contribution < -0.4 is 11.1 Å². The van der Waals surface area contributed by atoms with E-state index >= 15 is 0 Å². The summed E-state index contributed by atoms with van der Waals surface area (Å²) >= 11 is 0. The average Bonchev–Trinajstić information content (AvgIpc) is 2.26. The Bertz CT molecular complexity index is 200. The molecule has 4 nitrogen and oxygen atoms in total. The second kappa shape index (κ2) is 7.49. The highest BCUT2D eigenvalue weighted by atomic mass is 16.2. The van der Waals surface area contributed by atoms with E-state index in [-0.39, 0.29) is 6.03 Å². The predicted molar refractivity (Wildman–Crippen MR) is 66.3 cm³/mol. The zero-order valence-electron chi connectivity index (χ0n) is 10.4. The lowest BCUT2D eigenvalue weighted by molar-refractivity contribution is 0.192. The van der Waals surface area contributed by atoms with Gasteiger partial charge in [0, 0.05) is 19.1 Å². The minimum Gasteiger partial charge on any atom is -0.352 e. The molecule has 0 aromatic carbocycles. The molecule has 0 spiro atoms. The maximum atomic E-state index is 10.7. The number of carbonyl (C=O) groups excluding carboxylic acids is 1. The van der Waals surface area contributed by atoms with E-state index in [2.05, 4.69) is 17.1 Å². The molecule has 1 fully saturated rings. The topological polar surface area (TPSA) is 58.4 Å². The van der Waals surface area contributed by atoms with Gasteiger partial charge in [0.2, 0.25) is 0 Å². The molecule has 94 valence electrons. The molecule has 0 aliphatic carbocycles. The monoisotopic (exact) mass is 227 g/mol. The van der Waals surface area contributed by atoms with Crippen LogP contribution in [0.15, 0.2) is 0 Å². The second-order valence-electron chi connectivity index (χ2n) is 4.69. The third-order valence-electron chi connectivity index (χ3n) is 3.26. The molecule has 0 radical (unpaired) electrons. The Morgan fingerprint density at radius 2 is 2.00 bits per heavy atom. The molecular weight excluding hydrogens is 202 g/mol. The number of nitrogens with two attached hydrogens (primary N) is 1. The number of piperidine rings is 1. The SMILES string of the molecule is CCCCCCN1CCC(NC(N)=O)CC1. The van der Waals surface area contributed by atoms with Gasteiger partial charge in [-0.15, -0.1) is 0 Å². The number of hydrogen-bond donors (Lipinski definition) is 2. The molecule has 0 unspecified atom stereocenters. The summed E-state index contributed by atoms with van der Waals surface area (Å²) in [4.78, 5) is 13.2. The van der Waals surface area contributed by atoms with E-state index in [9.17, 15) is 4.79 Å². The minimum absolute atomic E-state index is 0.296. The Hall–Kier alpha value is -0.770. The van der Waals surface area contributed by atoms with Crippen LogP contribution >= 0.6 is 0 Å². The first-order valence-corrected chi connectivity index (χ1v) is 6.50. The Balaban J connectivity index is 2.05. The maximum Gasteiger partial charge on any atom is 0.312 e. The van der Waals surface area contributed by atoms with Crippen LogP contribution in [0.1, 0.15) is 45.4 Å². The molecular formula is C12H25N3O. The first-order chi connectivity index (χ1) is 7.72. The number of likely N-dealkylation sites (tertiary alicyclic amines) is 1. The quantitative estimate of drug-likeness (QED) is 0.679. The van der Waals surface area contributed by atoms with E-state index in [1.807, 2.05) is 0 Å². The number of urea groups is 1. The Morgan fingerprint density at radius 3 is 2.56 bits per heavy atom. The van der Waals surface area contributed by atoms with Crippen LogP contribution in [0.3, 0.4) is 0 Å². The van der Waals surface area contributed by atoms with E-state index < -0.39 is 0 Å². The van der Waals surface area contributed by atoms with Crippen LogP contribution in [0.5, 0.6) is 0 Å². The molecule has 3 N–H and O–H groups in total. The maximum absolute atomic E-state index is 10.7. The van der Waals surface area contributed by atoms with Gasteiger partial charge in [-0.25, -0.2) is 4.79 Å². The van der Waals surface area contributed by atoms with Gasteiger partial charge in [0.15, 0.2) is 0 Å². The van der Waals surface area contributed by atoms with Crippen LogP contribution in [0, 0.1) is 0 Å². The summed E-state index contributed by atoms with van der Waals surface area (Å²) in [5, 5.41) is 2.79. The van der Waals surface area contributed by atoms with Gasteiger partial charge in [0.05, 0.1) is 0 Å². The van der Waals surface area contributed by atoms with Crippen molar-refractivity contribution in [3.8, 4) is 0 Å². The number of unbranched alkanes of at least 4 members (excludes halogenated alkanes) is 3. The Labute approximate surface area is 98.6 Å². The van der Waals surface area contributed by atoms with Crippen molar-refractivity contribution in [2.75, 3.05) is 19.6 Å². The third-order valence-corrected chi connectivity index (χ3v) is 3.26. The van der Waals surface area contributed by atoms with Gasteiger partial charge < -0.3 is 16.0 Å². The molecule has 1 saturated heterocycles. The summed E-state index contributed by atoms with van der Waals surface area (Å²) in [7, 11) is 0. The van der Waals surface area contributed by atoms with E-state index in [1.165, 1.54) is 32.2 Å². The van der Waals surface area contributed by atoms with Gasteiger partial charge in [-0.1, -0.05) is 26.2 Å². The number of nitrogens with one attached hydrogen (secondary N) is 1. The van der Waals surface area contributed by atoms with Crippen LogP contribution in [0.4, 0.5) is 4.79 Å². The Kier molecular flexibility index (Phi) is 6.23. The molecule has 0 bridgehead atoms. The number of rotatable bonds is 6. The van der Waals surface area contributed by atoms with Gasteiger partial charge in [-0.05, 0) is 25.8 Å². The summed E-state index contributed by atoms with van der Waals surface area (Å²) in [5.41, 5.74) is 5.11. The Morgan fingerprint density at radius 1 is 1.31 bits per heavy atom. The number of hydrogen-bond acceptors (Lipinski definition) is 2. The second-order valence-corrected chi connectivity index (χ2v) is 4.69. The smallest absolute Gasteiger partial charge is 0.312 e. The summed E-state index contributed by atoms with van der Waals surface area (Å²) in [6.45, 7) is 5.64. The summed E-state index contributed by atoms with van der Waals surface area (Å²) in [6.07, 6.45) is 7.37. The summed E-state index contributed by atoms with van der Waals surface area (Å²) in [5.74, 6) is 0. The predicted octanol–water partition coefficient (Wildman–Crippen LogP) is 1.70. The molecule has 1 aliphatic rings. The molecule has 0 aromatic heterocycles. The van der Waals surface area contributed by atoms with Crippen molar-refractivity contribution in [2.24, 2.45) is 5.73 Å². The highest BCUT2D eigenvalue weighted by Gasteiger charge is 2.19. The van der Waals surface area contributed by atoms with Crippen molar-refractivity contribution < 1.29 is 4.79 Å². The lowest BCUT2D eigenvalue weighted by Crippen LogP contribution is -2.46. The molecule has 2 amide bonds. The highest BCUT2D eigenvalue weighted by Crippen LogP contribution is 2.11. The van der Waals surface area contributed by atoms with Crippen LogP contribution in [-0.4, -0.2) is 36.6 Å². The van der Waals surface area contributed by atoms with E-state index in [0.29, 0.717) is 6.04 Å². The normalized spacial score (nSPS) is 18.6.